The van der Waals surface area contributed by atoms with Gasteiger partial charge in [0.25, 0.3) is 0 Å². The molecule has 2 N–H and O–H groups in total. The maximum Gasteiger partial charge on any atom is 0.390 e. The van der Waals surface area contributed by atoms with Crippen LogP contribution in [0.1, 0.15) is 5.69 Å². The van der Waals surface area contributed by atoms with E-state index in [0.29, 0.717) is 45.8 Å². The Balaban J connectivity index is 1.44. The summed E-state index contributed by atoms with van der Waals surface area (Å²) in [5.41, 5.74) is 1.96. The molecule has 0 bridgehead atoms. The lowest BCUT2D eigenvalue weighted by atomic mass is 10.2. The molecule has 0 saturated heterocycles. The molecule has 4 aromatic rings. The number of quaternary nitrogens is 1. The Morgan fingerprint density at radius 3 is 2.68 bits per heavy atom. The van der Waals surface area contributed by atoms with Gasteiger partial charge in [0, 0.05) is 33.1 Å². The number of hydrogen-bond acceptors (Lipinski definition) is 8. The predicted octanol–water partition coefficient (Wildman–Crippen LogP) is 4.71. The highest BCUT2D eigenvalue weighted by atomic mass is 79.9. The second-order valence-corrected chi connectivity index (χ2v) is 10.8. The normalized spacial score (nSPS) is 11.7. The number of aromatic nitrogens is 5. The molecule has 0 unspecified atom stereocenters. The quantitative estimate of drug-likeness (QED) is 0.115. The van der Waals surface area contributed by atoms with E-state index in [1.54, 1.807) is 30.0 Å². The molecule has 3 heterocycles. The Hall–Kier alpha value is -3.75. The molecule has 196 valence electrons. The van der Waals surface area contributed by atoms with Crippen molar-refractivity contribution in [3.63, 3.8) is 0 Å². The summed E-state index contributed by atoms with van der Waals surface area (Å²) in [5, 5.41) is 18.0. The Kier molecular flexibility index (Phi) is 8.14. The Morgan fingerprint density at radius 2 is 1.95 bits per heavy atom. The Bertz CT molecular complexity index is 1550. The van der Waals surface area contributed by atoms with Gasteiger partial charge in [-0.2, -0.15) is 0 Å². The summed E-state index contributed by atoms with van der Waals surface area (Å²) in [6.07, 6.45) is 7.59. The SMILES string of the molecule is Cn1cnc([N+](=O)[O-])c1C[N+](C)(C)C/C=C/C(=O)Nc1cc2c(Nc3ccc(Br)c(Br)c3)ncnc2cn1. The largest absolute Gasteiger partial charge is 0.390 e. The first-order valence-electron chi connectivity index (χ1n) is 11.3. The topological polar surface area (TPSA) is 141 Å². The minimum Gasteiger partial charge on any atom is -0.358 e. The number of carbonyl (C=O) groups is 1. The molecule has 0 fully saturated rings. The predicted molar refractivity (Wildman–Crippen MR) is 151 cm³/mol. The molecule has 4 rings (SSSR count). The summed E-state index contributed by atoms with van der Waals surface area (Å²) in [4.78, 5) is 40.1. The number of rotatable bonds is 9. The molecular weight excluding hydrogens is 622 g/mol. The number of fused-ring (bicyclic) bond motifs is 1. The van der Waals surface area contributed by atoms with E-state index in [1.807, 2.05) is 32.3 Å². The van der Waals surface area contributed by atoms with Crippen molar-refractivity contribution in [3.05, 3.63) is 80.0 Å². The zero-order chi connectivity index (χ0) is 27.4. The van der Waals surface area contributed by atoms with Gasteiger partial charge in [-0.15, -0.1) is 0 Å². The number of pyridine rings is 1. The van der Waals surface area contributed by atoms with E-state index in [4.69, 9.17) is 0 Å². The van der Waals surface area contributed by atoms with Gasteiger partial charge >= 0.3 is 5.82 Å². The number of imidazole rings is 1. The molecule has 0 aliphatic rings. The molecule has 0 aliphatic carbocycles. The summed E-state index contributed by atoms with van der Waals surface area (Å²) >= 11 is 6.95. The van der Waals surface area contributed by atoms with Crippen LogP contribution in [0, 0.1) is 10.1 Å². The average Bonchev–Trinajstić information content (AvgIpc) is 3.21. The van der Waals surface area contributed by atoms with Gasteiger partial charge in [-0.05, 0) is 72.1 Å². The zero-order valence-corrected chi connectivity index (χ0v) is 23.9. The number of hydrogen-bond donors (Lipinski definition) is 2. The molecule has 0 atom stereocenters. The van der Waals surface area contributed by atoms with Gasteiger partial charge in [0.1, 0.15) is 24.5 Å². The molecule has 1 amide bonds. The summed E-state index contributed by atoms with van der Waals surface area (Å²) in [6, 6.07) is 7.44. The van der Waals surface area contributed by atoms with Crippen LogP contribution in [0.4, 0.5) is 23.1 Å². The second-order valence-electron chi connectivity index (χ2n) is 9.11. The van der Waals surface area contributed by atoms with Crippen molar-refractivity contribution >= 4 is 71.8 Å². The Morgan fingerprint density at radius 1 is 1.16 bits per heavy atom. The van der Waals surface area contributed by atoms with Crippen molar-refractivity contribution in [2.24, 2.45) is 7.05 Å². The van der Waals surface area contributed by atoms with Crippen LogP contribution < -0.4 is 10.6 Å². The van der Waals surface area contributed by atoms with Gasteiger partial charge < -0.3 is 29.8 Å². The summed E-state index contributed by atoms with van der Waals surface area (Å²) in [7, 11) is 5.56. The number of aryl methyl sites for hydroxylation is 1. The van der Waals surface area contributed by atoms with E-state index in [9.17, 15) is 14.9 Å². The second kappa shape index (κ2) is 11.3. The van der Waals surface area contributed by atoms with Gasteiger partial charge in [-0.1, -0.05) is 0 Å². The monoisotopic (exact) mass is 644 g/mol. The summed E-state index contributed by atoms with van der Waals surface area (Å²) < 4.78 is 3.85. The zero-order valence-electron chi connectivity index (χ0n) is 20.7. The van der Waals surface area contributed by atoms with Crippen LogP contribution in [0.25, 0.3) is 10.9 Å². The smallest absolute Gasteiger partial charge is 0.358 e. The standard InChI is InChI=1S/C24H23Br2N9O3/c1-33-14-30-24(34(37)38)20(33)12-35(2,3)8-4-5-22(36)32-21-10-16-19(11-27-21)28-13-29-23(16)31-15-6-7-17(25)18(26)9-15/h4-7,9-11,13-14H,8,12H2,1-3H3,(H-,27,28,29,31,32,36)/p+1/b5-4+. The molecule has 14 heteroatoms. The first kappa shape index (κ1) is 27.3. The highest BCUT2D eigenvalue weighted by molar-refractivity contribution is 9.13. The number of anilines is 3. The van der Waals surface area contributed by atoms with Crippen molar-refractivity contribution in [2.45, 2.75) is 6.54 Å². The maximum absolute atomic E-state index is 12.6. The van der Waals surface area contributed by atoms with Crippen molar-refractivity contribution < 1.29 is 14.2 Å². The van der Waals surface area contributed by atoms with E-state index < -0.39 is 4.92 Å². The van der Waals surface area contributed by atoms with E-state index in [2.05, 4.69) is 62.4 Å². The fourth-order valence-corrected chi connectivity index (χ4v) is 4.32. The lowest BCUT2D eigenvalue weighted by molar-refractivity contribution is -0.898. The van der Waals surface area contributed by atoms with Gasteiger partial charge in [-0.25, -0.2) is 15.0 Å². The van der Waals surface area contributed by atoms with E-state index in [0.717, 1.165) is 14.6 Å². The molecule has 12 nitrogen and oxygen atoms in total. The van der Waals surface area contributed by atoms with Crippen molar-refractivity contribution in [3.8, 4) is 0 Å². The van der Waals surface area contributed by atoms with Crippen LogP contribution in [0.5, 0.6) is 0 Å². The number of carbonyl (C=O) groups excluding carboxylic acids is 1. The molecule has 0 saturated carbocycles. The number of likely N-dealkylation sites (N-methyl/N-ethyl adjacent to an activating group) is 1. The number of benzene rings is 1. The number of nitro groups is 1. The minimum absolute atomic E-state index is 0.159. The van der Waals surface area contributed by atoms with Crippen molar-refractivity contribution in [2.75, 3.05) is 31.3 Å². The maximum atomic E-state index is 12.6. The molecule has 38 heavy (non-hydrogen) atoms. The number of halogens is 2. The summed E-state index contributed by atoms with van der Waals surface area (Å²) in [5.74, 6) is 0.405. The molecule has 0 aliphatic heterocycles. The van der Waals surface area contributed by atoms with E-state index in [1.165, 1.54) is 18.7 Å². The minimum atomic E-state index is -0.487. The third-order valence-electron chi connectivity index (χ3n) is 5.61. The van der Waals surface area contributed by atoms with Crippen LogP contribution >= 0.6 is 31.9 Å². The first-order chi connectivity index (χ1) is 18.0. The van der Waals surface area contributed by atoms with E-state index >= 15 is 0 Å². The molecule has 3 aromatic heterocycles. The summed E-state index contributed by atoms with van der Waals surface area (Å²) in [6.45, 7) is 0.835. The van der Waals surface area contributed by atoms with Crippen LogP contribution in [0.3, 0.4) is 0 Å². The van der Waals surface area contributed by atoms with Gasteiger partial charge in [0.05, 0.1) is 32.4 Å². The van der Waals surface area contributed by atoms with Crippen molar-refractivity contribution in [1.29, 1.82) is 0 Å². The third kappa shape index (κ3) is 6.57. The lowest BCUT2D eigenvalue weighted by Crippen LogP contribution is -2.39. The molecular formula is C24H24Br2N9O3+. The van der Waals surface area contributed by atoms with Gasteiger partial charge in [0.2, 0.25) is 12.2 Å². The third-order valence-corrected chi connectivity index (χ3v) is 7.49. The molecule has 1 aromatic carbocycles. The highest BCUT2D eigenvalue weighted by Crippen LogP contribution is 2.29. The highest BCUT2D eigenvalue weighted by Gasteiger charge is 2.26. The van der Waals surface area contributed by atoms with Crippen LogP contribution in [-0.2, 0) is 18.4 Å². The molecule has 0 radical (unpaired) electrons. The number of nitrogens with zero attached hydrogens (tertiary/aromatic N) is 7. The van der Waals surface area contributed by atoms with Gasteiger partial charge in [-0.3, -0.25) is 4.79 Å². The van der Waals surface area contributed by atoms with Crippen LogP contribution in [-0.4, -0.2) is 60.5 Å². The first-order valence-corrected chi connectivity index (χ1v) is 12.9. The fraction of sp³-hybridized carbons (Fsp3) is 0.208. The average molecular weight is 646 g/mol. The van der Waals surface area contributed by atoms with E-state index in [-0.39, 0.29) is 11.7 Å². The van der Waals surface area contributed by atoms with Crippen LogP contribution in [0.2, 0.25) is 0 Å². The molecule has 0 spiro atoms. The van der Waals surface area contributed by atoms with Crippen molar-refractivity contribution in [1.82, 2.24) is 24.5 Å². The lowest BCUT2D eigenvalue weighted by Gasteiger charge is -2.27. The van der Waals surface area contributed by atoms with Gasteiger partial charge in [0.15, 0.2) is 5.69 Å². The fourth-order valence-electron chi connectivity index (χ4n) is 3.70. The number of amides is 1. The van der Waals surface area contributed by atoms with Crippen LogP contribution in [0.15, 0.2) is 64.2 Å². The number of nitrogens with one attached hydrogen (secondary N) is 2. The Labute approximate surface area is 234 Å².